The summed E-state index contributed by atoms with van der Waals surface area (Å²) in [4.78, 5) is 11.9. The second-order valence-corrected chi connectivity index (χ2v) is 5.39. The van der Waals surface area contributed by atoms with Crippen molar-refractivity contribution in [3.63, 3.8) is 0 Å². The van der Waals surface area contributed by atoms with Gasteiger partial charge < -0.3 is 4.74 Å². The van der Waals surface area contributed by atoms with E-state index in [0.717, 1.165) is 22.9 Å². The van der Waals surface area contributed by atoms with Crippen LogP contribution in [0.15, 0.2) is 28.7 Å². The van der Waals surface area contributed by atoms with Gasteiger partial charge >= 0.3 is 5.97 Å². The van der Waals surface area contributed by atoms with Crippen LogP contribution in [0, 0.1) is 5.92 Å². The van der Waals surface area contributed by atoms with Gasteiger partial charge in [-0.3, -0.25) is 4.79 Å². The molecule has 0 fully saturated rings. The number of esters is 1. The molecule has 0 spiro atoms. The summed E-state index contributed by atoms with van der Waals surface area (Å²) in [6, 6.07) is 6.27. The Balaban J connectivity index is 2.33. The monoisotopic (exact) mass is 308 g/mol. The number of allylic oxidation sites excluding steroid dienone is 1. The van der Waals surface area contributed by atoms with E-state index in [0.29, 0.717) is 6.61 Å². The zero-order valence-electron chi connectivity index (χ0n) is 10.7. The average molecular weight is 309 g/mol. The van der Waals surface area contributed by atoms with Crippen LogP contribution in [-0.2, 0) is 16.0 Å². The average Bonchev–Trinajstić information content (AvgIpc) is 2.37. The molecule has 0 N–H and O–H groups in total. The highest BCUT2D eigenvalue weighted by molar-refractivity contribution is 9.10. The third-order valence-electron chi connectivity index (χ3n) is 3.27. The normalized spacial score (nSPS) is 15.6. The van der Waals surface area contributed by atoms with Gasteiger partial charge in [0.1, 0.15) is 0 Å². The number of aryl methyl sites for hydroxylation is 1. The Kier molecular flexibility index (Phi) is 4.23. The van der Waals surface area contributed by atoms with Gasteiger partial charge in [0.15, 0.2) is 0 Å². The van der Waals surface area contributed by atoms with Crippen molar-refractivity contribution in [1.29, 1.82) is 0 Å². The molecular formula is C15H17BrO2. The molecule has 18 heavy (non-hydrogen) atoms. The first kappa shape index (κ1) is 13.3. The van der Waals surface area contributed by atoms with Crippen LogP contribution >= 0.6 is 15.9 Å². The van der Waals surface area contributed by atoms with E-state index in [9.17, 15) is 4.79 Å². The van der Waals surface area contributed by atoms with E-state index < -0.39 is 0 Å². The lowest BCUT2D eigenvalue weighted by Crippen LogP contribution is -2.18. The molecule has 0 heterocycles. The number of halogens is 1. The van der Waals surface area contributed by atoms with E-state index >= 15 is 0 Å². The van der Waals surface area contributed by atoms with E-state index in [4.69, 9.17) is 4.74 Å². The molecule has 3 heteroatoms. The molecule has 96 valence electrons. The van der Waals surface area contributed by atoms with Gasteiger partial charge in [-0.15, -0.1) is 0 Å². The van der Waals surface area contributed by atoms with Crippen molar-refractivity contribution >= 4 is 27.5 Å². The number of hydrogen-bond acceptors (Lipinski definition) is 2. The van der Waals surface area contributed by atoms with E-state index in [1.807, 2.05) is 13.8 Å². The Labute approximate surface area is 116 Å². The molecule has 2 nitrogen and oxygen atoms in total. The van der Waals surface area contributed by atoms with Crippen LogP contribution in [0.25, 0.3) is 5.57 Å². The fraction of sp³-hybridized carbons (Fsp3) is 0.400. The summed E-state index contributed by atoms with van der Waals surface area (Å²) in [6.45, 7) is 4.19. The molecule has 1 unspecified atom stereocenters. The van der Waals surface area contributed by atoms with Crippen LogP contribution in [0.4, 0.5) is 0 Å². The molecule has 2 rings (SSSR count). The Bertz CT molecular complexity index is 491. The molecule has 0 saturated carbocycles. The van der Waals surface area contributed by atoms with Crippen LogP contribution in [0.2, 0.25) is 0 Å². The predicted molar refractivity (Wildman–Crippen MR) is 76.2 cm³/mol. The maximum Gasteiger partial charge on any atom is 0.313 e. The van der Waals surface area contributed by atoms with Crippen LogP contribution in [0.1, 0.15) is 31.4 Å². The first-order chi connectivity index (χ1) is 8.63. The lowest BCUT2D eigenvalue weighted by Gasteiger charge is -2.22. The van der Waals surface area contributed by atoms with Crippen LogP contribution in [0.5, 0.6) is 0 Å². The minimum Gasteiger partial charge on any atom is -0.466 e. The standard InChI is InChI=1S/C15H17BrO2/c1-3-18-15(17)10(2)13-6-4-5-11-7-8-12(16)9-14(11)13/h6-10H,3-5H2,1-2H3. The van der Waals surface area contributed by atoms with E-state index in [1.165, 1.54) is 11.1 Å². The van der Waals surface area contributed by atoms with Gasteiger partial charge in [-0.1, -0.05) is 28.1 Å². The third kappa shape index (κ3) is 2.66. The van der Waals surface area contributed by atoms with Crippen molar-refractivity contribution in [2.24, 2.45) is 5.92 Å². The SMILES string of the molecule is CCOC(=O)C(C)C1=CCCc2ccc(Br)cc21. The van der Waals surface area contributed by atoms with Crippen molar-refractivity contribution in [3.8, 4) is 0 Å². The number of carbonyl (C=O) groups is 1. The van der Waals surface area contributed by atoms with Gasteiger partial charge in [-0.25, -0.2) is 0 Å². The van der Waals surface area contributed by atoms with E-state index in [2.05, 4.69) is 40.2 Å². The molecule has 1 aromatic rings. The first-order valence-corrected chi connectivity index (χ1v) is 7.08. The zero-order valence-corrected chi connectivity index (χ0v) is 12.3. The van der Waals surface area contributed by atoms with Crippen molar-refractivity contribution in [2.45, 2.75) is 26.7 Å². The van der Waals surface area contributed by atoms with Crippen molar-refractivity contribution in [1.82, 2.24) is 0 Å². The highest BCUT2D eigenvalue weighted by atomic mass is 79.9. The molecule has 1 aromatic carbocycles. The van der Waals surface area contributed by atoms with Gasteiger partial charge in [-0.05, 0) is 55.5 Å². The maximum atomic E-state index is 11.9. The van der Waals surface area contributed by atoms with Crippen molar-refractivity contribution in [2.75, 3.05) is 6.61 Å². The molecule has 0 radical (unpaired) electrons. The molecular weight excluding hydrogens is 292 g/mol. The Hall–Kier alpha value is -1.09. The second kappa shape index (κ2) is 5.70. The third-order valence-corrected chi connectivity index (χ3v) is 3.76. The summed E-state index contributed by atoms with van der Waals surface area (Å²) in [5, 5.41) is 0. The van der Waals surface area contributed by atoms with Crippen LogP contribution in [0.3, 0.4) is 0 Å². The number of fused-ring (bicyclic) bond motifs is 1. The summed E-state index contributed by atoms with van der Waals surface area (Å²) in [5.74, 6) is -0.338. The summed E-state index contributed by atoms with van der Waals surface area (Å²) >= 11 is 3.49. The molecule has 0 amide bonds. The highest BCUT2D eigenvalue weighted by Gasteiger charge is 2.24. The molecule has 0 bridgehead atoms. The topological polar surface area (TPSA) is 26.3 Å². The minimum absolute atomic E-state index is 0.142. The van der Waals surface area contributed by atoms with Crippen LogP contribution in [-0.4, -0.2) is 12.6 Å². The Morgan fingerprint density at radius 1 is 1.50 bits per heavy atom. The number of carbonyl (C=O) groups excluding carboxylic acids is 1. The molecule has 1 aliphatic rings. The fourth-order valence-electron chi connectivity index (χ4n) is 2.33. The van der Waals surface area contributed by atoms with Gasteiger partial charge in [-0.2, -0.15) is 0 Å². The number of hydrogen-bond donors (Lipinski definition) is 0. The smallest absolute Gasteiger partial charge is 0.313 e. The molecule has 1 atom stereocenters. The van der Waals surface area contributed by atoms with E-state index in [1.54, 1.807) is 0 Å². The van der Waals surface area contributed by atoms with Gasteiger partial charge in [0.2, 0.25) is 0 Å². The zero-order chi connectivity index (χ0) is 13.1. The largest absolute Gasteiger partial charge is 0.466 e. The minimum atomic E-state index is -0.196. The molecule has 0 aromatic heterocycles. The number of ether oxygens (including phenoxy) is 1. The lowest BCUT2D eigenvalue weighted by molar-refractivity contribution is -0.145. The lowest BCUT2D eigenvalue weighted by atomic mass is 9.84. The molecule has 0 saturated heterocycles. The van der Waals surface area contributed by atoms with Crippen molar-refractivity contribution < 1.29 is 9.53 Å². The van der Waals surface area contributed by atoms with Gasteiger partial charge in [0.05, 0.1) is 12.5 Å². The summed E-state index contributed by atoms with van der Waals surface area (Å²) in [6.07, 6.45) is 4.20. The van der Waals surface area contributed by atoms with E-state index in [-0.39, 0.29) is 11.9 Å². The van der Waals surface area contributed by atoms with Gasteiger partial charge in [0.25, 0.3) is 0 Å². The Morgan fingerprint density at radius 2 is 2.28 bits per heavy atom. The highest BCUT2D eigenvalue weighted by Crippen LogP contribution is 2.34. The summed E-state index contributed by atoms with van der Waals surface area (Å²) in [7, 11) is 0. The quantitative estimate of drug-likeness (QED) is 0.790. The summed E-state index contributed by atoms with van der Waals surface area (Å²) < 4.78 is 6.16. The van der Waals surface area contributed by atoms with Crippen LogP contribution < -0.4 is 0 Å². The molecule has 0 aliphatic heterocycles. The summed E-state index contributed by atoms with van der Waals surface area (Å²) in [5.41, 5.74) is 3.58. The fourth-order valence-corrected chi connectivity index (χ4v) is 2.69. The Morgan fingerprint density at radius 3 is 3.00 bits per heavy atom. The number of benzene rings is 1. The maximum absolute atomic E-state index is 11.9. The predicted octanol–water partition coefficient (Wildman–Crippen LogP) is 3.98. The number of rotatable bonds is 3. The second-order valence-electron chi connectivity index (χ2n) is 4.47. The van der Waals surface area contributed by atoms with Gasteiger partial charge in [0, 0.05) is 4.47 Å². The van der Waals surface area contributed by atoms with Crippen molar-refractivity contribution in [3.05, 3.63) is 39.9 Å². The first-order valence-electron chi connectivity index (χ1n) is 6.29. The molecule has 1 aliphatic carbocycles.